The number of piperidine rings is 1. The van der Waals surface area contributed by atoms with Gasteiger partial charge in [0.15, 0.2) is 0 Å². The molecule has 0 amide bonds. The molecule has 3 aromatic rings. The van der Waals surface area contributed by atoms with Crippen molar-refractivity contribution >= 4 is 0 Å². The number of halogens is 3. The SMILES string of the molecule is CCOc1ccc(-c2cc(COCC3(c4ccccc4)CCNCC3)cc(C(F)(F)F)c2)cc1. The minimum atomic E-state index is -4.43. The molecule has 34 heavy (non-hydrogen) atoms. The minimum Gasteiger partial charge on any atom is -0.494 e. The van der Waals surface area contributed by atoms with Crippen LogP contribution in [0.1, 0.15) is 36.5 Å². The lowest BCUT2D eigenvalue weighted by molar-refractivity contribution is -0.137. The quantitative estimate of drug-likeness (QED) is 0.403. The third kappa shape index (κ3) is 5.80. The largest absolute Gasteiger partial charge is 0.494 e. The van der Waals surface area contributed by atoms with Crippen LogP contribution in [0.4, 0.5) is 13.2 Å². The predicted molar refractivity (Wildman–Crippen MR) is 128 cm³/mol. The van der Waals surface area contributed by atoms with Gasteiger partial charge in [0.1, 0.15) is 5.75 Å². The summed E-state index contributed by atoms with van der Waals surface area (Å²) < 4.78 is 52.5. The van der Waals surface area contributed by atoms with Crippen LogP contribution in [-0.2, 0) is 22.9 Å². The highest BCUT2D eigenvalue weighted by Crippen LogP contribution is 2.36. The molecule has 180 valence electrons. The summed E-state index contributed by atoms with van der Waals surface area (Å²) in [4.78, 5) is 0. The maximum absolute atomic E-state index is 13.7. The molecule has 0 aromatic heterocycles. The van der Waals surface area contributed by atoms with Gasteiger partial charge >= 0.3 is 6.18 Å². The van der Waals surface area contributed by atoms with Gasteiger partial charge in [-0.2, -0.15) is 13.2 Å². The Labute approximate surface area is 198 Å². The third-order valence-corrected chi connectivity index (χ3v) is 6.41. The van der Waals surface area contributed by atoms with Crippen LogP contribution in [0.3, 0.4) is 0 Å². The van der Waals surface area contributed by atoms with Crippen LogP contribution in [0.2, 0.25) is 0 Å². The molecule has 1 heterocycles. The summed E-state index contributed by atoms with van der Waals surface area (Å²) >= 11 is 0. The molecule has 1 aliphatic rings. The lowest BCUT2D eigenvalue weighted by atomic mass is 9.74. The standard InChI is InChI=1S/C28H30F3NO2/c1-2-34-26-10-8-22(9-11-26)23-16-21(17-25(18-23)28(29,30)31)19-33-20-27(12-14-32-15-13-27)24-6-4-3-5-7-24/h3-11,16-18,32H,2,12-15,19-20H2,1H3. The van der Waals surface area contributed by atoms with Gasteiger partial charge < -0.3 is 14.8 Å². The molecule has 1 fully saturated rings. The Morgan fingerprint density at radius 1 is 0.882 bits per heavy atom. The summed E-state index contributed by atoms with van der Waals surface area (Å²) in [5.41, 5.74) is 2.14. The number of alkyl halides is 3. The molecule has 0 unspecified atom stereocenters. The number of rotatable bonds is 8. The van der Waals surface area contributed by atoms with E-state index in [1.165, 1.54) is 17.7 Å². The summed E-state index contributed by atoms with van der Waals surface area (Å²) in [5.74, 6) is 0.690. The van der Waals surface area contributed by atoms with Crippen molar-refractivity contribution in [2.45, 2.75) is 38.0 Å². The van der Waals surface area contributed by atoms with Crippen molar-refractivity contribution in [3.8, 4) is 16.9 Å². The van der Waals surface area contributed by atoms with E-state index < -0.39 is 11.7 Å². The molecule has 0 bridgehead atoms. The van der Waals surface area contributed by atoms with Crippen LogP contribution in [0, 0.1) is 0 Å². The summed E-state index contributed by atoms with van der Waals surface area (Å²) in [6, 6.07) is 21.5. The molecule has 3 aromatic carbocycles. The summed E-state index contributed by atoms with van der Waals surface area (Å²) in [6.07, 6.45) is -2.58. The van der Waals surface area contributed by atoms with E-state index in [9.17, 15) is 13.2 Å². The zero-order valence-corrected chi connectivity index (χ0v) is 19.3. The molecule has 0 saturated carbocycles. The fourth-order valence-electron chi connectivity index (χ4n) is 4.59. The first-order valence-electron chi connectivity index (χ1n) is 11.7. The number of hydrogen-bond donors (Lipinski definition) is 1. The van der Waals surface area contributed by atoms with Crippen LogP contribution in [0.25, 0.3) is 11.1 Å². The minimum absolute atomic E-state index is 0.121. The normalized spacial score (nSPS) is 15.8. The Morgan fingerprint density at radius 3 is 2.24 bits per heavy atom. The highest BCUT2D eigenvalue weighted by Gasteiger charge is 2.34. The summed E-state index contributed by atoms with van der Waals surface area (Å²) in [7, 11) is 0. The maximum Gasteiger partial charge on any atom is 0.416 e. The van der Waals surface area contributed by atoms with E-state index >= 15 is 0 Å². The van der Waals surface area contributed by atoms with Gasteiger partial charge in [-0.15, -0.1) is 0 Å². The van der Waals surface area contributed by atoms with Gasteiger partial charge in [0.2, 0.25) is 0 Å². The molecule has 0 radical (unpaired) electrons. The van der Waals surface area contributed by atoms with E-state index in [-0.39, 0.29) is 12.0 Å². The second-order valence-corrected chi connectivity index (χ2v) is 8.76. The molecular formula is C28H30F3NO2. The van der Waals surface area contributed by atoms with Gasteiger partial charge in [0.05, 0.1) is 25.4 Å². The molecule has 4 rings (SSSR count). The second-order valence-electron chi connectivity index (χ2n) is 8.76. The van der Waals surface area contributed by atoms with Gasteiger partial charge in [-0.3, -0.25) is 0 Å². The van der Waals surface area contributed by atoms with E-state index in [1.54, 1.807) is 30.3 Å². The van der Waals surface area contributed by atoms with Crippen LogP contribution in [-0.4, -0.2) is 26.3 Å². The second kappa shape index (κ2) is 10.6. The van der Waals surface area contributed by atoms with Crippen molar-refractivity contribution in [1.82, 2.24) is 5.32 Å². The number of hydrogen-bond acceptors (Lipinski definition) is 3. The van der Waals surface area contributed by atoms with E-state index in [1.807, 2.05) is 25.1 Å². The van der Waals surface area contributed by atoms with Crippen LogP contribution < -0.4 is 10.1 Å². The first-order valence-corrected chi connectivity index (χ1v) is 11.7. The van der Waals surface area contributed by atoms with Crippen molar-refractivity contribution < 1.29 is 22.6 Å². The Balaban J connectivity index is 1.55. The first-order chi connectivity index (χ1) is 16.4. The number of ether oxygens (including phenoxy) is 2. The average molecular weight is 470 g/mol. The van der Waals surface area contributed by atoms with E-state index in [4.69, 9.17) is 9.47 Å². The molecule has 0 atom stereocenters. The highest BCUT2D eigenvalue weighted by molar-refractivity contribution is 5.66. The Kier molecular flexibility index (Phi) is 7.59. The lowest BCUT2D eigenvalue weighted by Crippen LogP contribution is -2.43. The van der Waals surface area contributed by atoms with E-state index in [0.29, 0.717) is 35.7 Å². The van der Waals surface area contributed by atoms with Crippen LogP contribution >= 0.6 is 0 Å². The van der Waals surface area contributed by atoms with Crippen LogP contribution in [0.5, 0.6) is 5.75 Å². The van der Waals surface area contributed by atoms with Gasteiger partial charge in [0, 0.05) is 5.41 Å². The molecule has 1 saturated heterocycles. The predicted octanol–water partition coefficient (Wildman–Crippen LogP) is 6.61. The van der Waals surface area contributed by atoms with E-state index in [2.05, 4.69) is 17.4 Å². The zero-order chi connectivity index (χ0) is 24.0. The molecule has 3 nitrogen and oxygen atoms in total. The molecule has 1 aliphatic heterocycles. The molecule has 0 spiro atoms. The first kappa shape index (κ1) is 24.3. The van der Waals surface area contributed by atoms with Crippen molar-refractivity contribution in [2.75, 3.05) is 26.3 Å². The Bertz CT molecular complexity index is 1060. The van der Waals surface area contributed by atoms with Gasteiger partial charge in [-0.25, -0.2) is 0 Å². The van der Waals surface area contributed by atoms with Crippen molar-refractivity contribution in [3.05, 3.63) is 89.5 Å². The zero-order valence-electron chi connectivity index (χ0n) is 19.3. The summed E-state index contributed by atoms with van der Waals surface area (Å²) in [6.45, 7) is 4.79. The monoisotopic (exact) mass is 469 g/mol. The number of benzene rings is 3. The molecule has 6 heteroatoms. The van der Waals surface area contributed by atoms with Crippen LogP contribution in [0.15, 0.2) is 72.8 Å². The number of nitrogens with one attached hydrogen (secondary N) is 1. The smallest absolute Gasteiger partial charge is 0.416 e. The van der Waals surface area contributed by atoms with Gasteiger partial charge in [0.25, 0.3) is 0 Å². The maximum atomic E-state index is 13.7. The van der Waals surface area contributed by atoms with Gasteiger partial charge in [-0.05, 0) is 85.4 Å². The van der Waals surface area contributed by atoms with Gasteiger partial charge in [-0.1, -0.05) is 42.5 Å². The van der Waals surface area contributed by atoms with Crippen molar-refractivity contribution in [1.29, 1.82) is 0 Å². The van der Waals surface area contributed by atoms with Crippen molar-refractivity contribution in [3.63, 3.8) is 0 Å². The topological polar surface area (TPSA) is 30.5 Å². The third-order valence-electron chi connectivity index (χ3n) is 6.41. The van der Waals surface area contributed by atoms with Crippen molar-refractivity contribution in [2.24, 2.45) is 0 Å². The lowest BCUT2D eigenvalue weighted by Gasteiger charge is -2.38. The summed E-state index contributed by atoms with van der Waals surface area (Å²) in [5, 5.41) is 3.39. The molecule has 0 aliphatic carbocycles. The fourth-order valence-corrected chi connectivity index (χ4v) is 4.59. The molecule has 1 N–H and O–H groups in total. The Hall–Kier alpha value is -2.83. The fraction of sp³-hybridized carbons (Fsp3) is 0.357. The highest BCUT2D eigenvalue weighted by atomic mass is 19.4. The average Bonchev–Trinajstić information content (AvgIpc) is 2.85. The van der Waals surface area contributed by atoms with E-state index in [0.717, 1.165) is 25.9 Å². The molecular weight excluding hydrogens is 439 g/mol. The Morgan fingerprint density at radius 2 is 1.59 bits per heavy atom.